The van der Waals surface area contributed by atoms with Crippen LogP contribution in [0.4, 0.5) is 5.69 Å². The number of aliphatic hydroxyl groups is 1. The summed E-state index contributed by atoms with van der Waals surface area (Å²) in [4.78, 5) is 25.5. The van der Waals surface area contributed by atoms with E-state index in [2.05, 4.69) is 5.32 Å². The fourth-order valence-electron chi connectivity index (χ4n) is 2.83. The van der Waals surface area contributed by atoms with Crippen molar-refractivity contribution in [3.05, 3.63) is 23.8 Å². The maximum Gasteiger partial charge on any atom is 0.262 e. The lowest BCUT2D eigenvalue weighted by molar-refractivity contribution is -0.118. The fraction of sp³-hybridized carbons (Fsp3) is 0.467. The van der Waals surface area contributed by atoms with E-state index in [0.29, 0.717) is 29.5 Å². The number of aliphatic hydroxyl groups excluding tert-OH is 1. The first-order valence-electron chi connectivity index (χ1n) is 7.14. The number of benzene rings is 1. The van der Waals surface area contributed by atoms with Crippen LogP contribution in [0.15, 0.2) is 18.2 Å². The summed E-state index contributed by atoms with van der Waals surface area (Å²) in [6.45, 7) is 1.55. The summed E-state index contributed by atoms with van der Waals surface area (Å²) >= 11 is 0. The Morgan fingerprint density at radius 1 is 1.48 bits per heavy atom. The fourth-order valence-corrected chi connectivity index (χ4v) is 2.83. The van der Waals surface area contributed by atoms with Gasteiger partial charge in [0.2, 0.25) is 0 Å². The Hall–Kier alpha value is -2.08. The number of ether oxygens (including phenoxy) is 1. The lowest BCUT2D eigenvalue weighted by Gasteiger charge is -2.20. The molecule has 6 nitrogen and oxygen atoms in total. The molecule has 1 fully saturated rings. The van der Waals surface area contributed by atoms with Gasteiger partial charge in [0.15, 0.2) is 6.61 Å². The highest BCUT2D eigenvalue weighted by Crippen LogP contribution is 2.30. The topological polar surface area (TPSA) is 78.9 Å². The minimum atomic E-state index is -0.187. The van der Waals surface area contributed by atoms with Crippen LogP contribution in [-0.4, -0.2) is 48.1 Å². The van der Waals surface area contributed by atoms with Crippen LogP contribution in [0.25, 0.3) is 0 Å². The molecule has 112 valence electrons. The van der Waals surface area contributed by atoms with Crippen LogP contribution in [-0.2, 0) is 4.79 Å². The molecule has 2 heterocycles. The zero-order valence-electron chi connectivity index (χ0n) is 11.7. The van der Waals surface area contributed by atoms with Gasteiger partial charge in [0, 0.05) is 25.3 Å². The molecule has 0 aliphatic carbocycles. The first-order valence-corrected chi connectivity index (χ1v) is 7.14. The number of hydrogen-bond acceptors (Lipinski definition) is 4. The molecule has 1 aromatic rings. The number of anilines is 1. The van der Waals surface area contributed by atoms with Gasteiger partial charge in [-0.25, -0.2) is 0 Å². The number of fused-ring (bicyclic) bond motifs is 1. The van der Waals surface area contributed by atoms with Crippen LogP contribution < -0.4 is 10.1 Å². The molecule has 3 rings (SSSR count). The van der Waals surface area contributed by atoms with Crippen LogP contribution in [0, 0.1) is 5.92 Å². The summed E-state index contributed by atoms with van der Waals surface area (Å²) in [5.74, 6) is 0.699. The highest BCUT2D eigenvalue weighted by Gasteiger charge is 2.27. The first kappa shape index (κ1) is 13.9. The predicted octanol–water partition coefficient (Wildman–Crippen LogP) is 0.862. The molecule has 1 saturated heterocycles. The van der Waals surface area contributed by atoms with E-state index in [1.54, 1.807) is 18.2 Å². The second kappa shape index (κ2) is 5.73. The van der Waals surface area contributed by atoms with E-state index in [0.717, 1.165) is 19.4 Å². The molecule has 2 N–H and O–H groups in total. The molecule has 1 aromatic carbocycles. The van der Waals surface area contributed by atoms with Crippen molar-refractivity contribution in [3.8, 4) is 5.75 Å². The van der Waals surface area contributed by atoms with Crippen molar-refractivity contribution >= 4 is 17.5 Å². The van der Waals surface area contributed by atoms with Crippen LogP contribution >= 0.6 is 0 Å². The maximum atomic E-state index is 12.5. The molecule has 2 aliphatic heterocycles. The van der Waals surface area contributed by atoms with Gasteiger partial charge in [-0.3, -0.25) is 9.59 Å². The summed E-state index contributed by atoms with van der Waals surface area (Å²) in [5, 5.41) is 11.7. The van der Waals surface area contributed by atoms with Crippen molar-refractivity contribution < 1.29 is 19.4 Å². The molecular formula is C15H18N2O4. The normalized spacial score (nSPS) is 20.7. The molecule has 21 heavy (non-hydrogen) atoms. The number of amides is 2. The molecule has 1 unspecified atom stereocenters. The second-order valence-electron chi connectivity index (χ2n) is 5.47. The van der Waals surface area contributed by atoms with Gasteiger partial charge in [-0.2, -0.15) is 0 Å². The van der Waals surface area contributed by atoms with Crippen molar-refractivity contribution in [2.75, 3.05) is 31.6 Å². The molecule has 6 heteroatoms. The smallest absolute Gasteiger partial charge is 0.262 e. The largest absolute Gasteiger partial charge is 0.482 e. The zero-order chi connectivity index (χ0) is 14.8. The minimum Gasteiger partial charge on any atom is -0.482 e. The summed E-state index contributed by atoms with van der Waals surface area (Å²) in [7, 11) is 0. The Morgan fingerprint density at radius 2 is 2.33 bits per heavy atom. The minimum absolute atomic E-state index is 0.0209. The van der Waals surface area contributed by atoms with Crippen LogP contribution in [0.2, 0.25) is 0 Å². The predicted molar refractivity (Wildman–Crippen MR) is 76.3 cm³/mol. The quantitative estimate of drug-likeness (QED) is 0.865. The van der Waals surface area contributed by atoms with Crippen molar-refractivity contribution in [2.45, 2.75) is 12.8 Å². The number of rotatable bonds is 3. The Balaban J connectivity index is 1.72. The highest BCUT2D eigenvalue weighted by atomic mass is 16.5. The molecular weight excluding hydrogens is 272 g/mol. The average Bonchev–Trinajstić information content (AvgIpc) is 2.95. The summed E-state index contributed by atoms with van der Waals surface area (Å²) in [5.41, 5.74) is 1.16. The van der Waals surface area contributed by atoms with E-state index in [1.165, 1.54) is 0 Å². The summed E-state index contributed by atoms with van der Waals surface area (Å²) < 4.78 is 5.33. The second-order valence-corrected chi connectivity index (χ2v) is 5.47. The molecule has 0 bridgehead atoms. The first-order chi connectivity index (χ1) is 10.2. The molecule has 0 radical (unpaired) electrons. The van der Waals surface area contributed by atoms with Crippen molar-refractivity contribution in [3.63, 3.8) is 0 Å². The number of hydrogen-bond donors (Lipinski definition) is 2. The van der Waals surface area contributed by atoms with E-state index in [1.807, 2.05) is 4.90 Å². The van der Waals surface area contributed by atoms with Gasteiger partial charge in [0.25, 0.3) is 11.8 Å². The van der Waals surface area contributed by atoms with E-state index < -0.39 is 0 Å². The van der Waals surface area contributed by atoms with Crippen LogP contribution in [0.3, 0.4) is 0 Å². The van der Waals surface area contributed by atoms with Gasteiger partial charge < -0.3 is 20.1 Å². The molecule has 0 aromatic heterocycles. The Kier molecular flexibility index (Phi) is 3.79. The maximum absolute atomic E-state index is 12.5. The third-order valence-corrected chi connectivity index (χ3v) is 3.97. The third kappa shape index (κ3) is 2.85. The van der Waals surface area contributed by atoms with Gasteiger partial charge in [-0.1, -0.05) is 0 Å². The number of carbonyl (C=O) groups excluding carboxylic acids is 2. The van der Waals surface area contributed by atoms with E-state index in [4.69, 9.17) is 9.84 Å². The third-order valence-electron chi connectivity index (χ3n) is 3.97. The standard InChI is InChI=1S/C15H18N2O4/c18-6-4-10-3-5-17(8-10)15(20)11-1-2-12-13(7-11)21-9-14(19)16-12/h1-2,7,10,18H,3-6,8-9H2,(H,16,19). The van der Waals surface area contributed by atoms with Gasteiger partial charge >= 0.3 is 0 Å². The van der Waals surface area contributed by atoms with Crippen LogP contribution in [0.5, 0.6) is 5.75 Å². The number of carbonyl (C=O) groups is 2. The SMILES string of the molecule is O=C1COc2cc(C(=O)N3CCC(CCO)C3)ccc2N1. The Bertz CT molecular complexity index is 573. The molecule has 1 atom stereocenters. The molecule has 0 saturated carbocycles. The number of nitrogens with zero attached hydrogens (tertiary/aromatic N) is 1. The van der Waals surface area contributed by atoms with E-state index in [9.17, 15) is 9.59 Å². The van der Waals surface area contributed by atoms with Gasteiger partial charge in [0.05, 0.1) is 5.69 Å². The Labute approximate surface area is 122 Å². The Morgan fingerprint density at radius 3 is 3.14 bits per heavy atom. The molecule has 2 amide bonds. The van der Waals surface area contributed by atoms with Gasteiger partial charge in [-0.15, -0.1) is 0 Å². The van der Waals surface area contributed by atoms with Crippen molar-refractivity contribution in [1.29, 1.82) is 0 Å². The van der Waals surface area contributed by atoms with Crippen molar-refractivity contribution in [1.82, 2.24) is 4.90 Å². The van der Waals surface area contributed by atoms with Gasteiger partial charge in [-0.05, 0) is 37.0 Å². The summed E-state index contributed by atoms with van der Waals surface area (Å²) in [6.07, 6.45) is 1.67. The van der Waals surface area contributed by atoms with Crippen LogP contribution in [0.1, 0.15) is 23.2 Å². The van der Waals surface area contributed by atoms with Crippen molar-refractivity contribution in [2.24, 2.45) is 5.92 Å². The van der Waals surface area contributed by atoms with E-state index >= 15 is 0 Å². The van der Waals surface area contributed by atoms with E-state index in [-0.39, 0.29) is 25.0 Å². The average molecular weight is 290 g/mol. The molecule has 2 aliphatic rings. The number of likely N-dealkylation sites (tertiary alicyclic amines) is 1. The lowest BCUT2D eigenvalue weighted by Crippen LogP contribution is -2.29. The lowest BCUT2D eigenvalue weighted by atomic mass is 10.1. The van der Waals surface area contributed by atoms with Gasteiger partial charge in [0.1, 0.15) is 5.75 Å². The summed E-state index contributed by atoms with van der Waals surface area (Å²) in [6, 6.07) is 5.08. The number of nitrogens with one attached hydrogen (secondary N) is 1. The highest BCUT2D eigenvalue weighted by molar-refractivity contribution is 5.99. The monoisotopic (exact) mass is 290 g/mol. The zero-order valence-corrected chi connectivity index (χ0v) is 11.7. The molecule has 0 spiro atoms.